The Hall–Kier alpha value is -2.21. The van der Waals surface area contributed by atoms with Gasteiger partial charge in [-0.3, -0.25) is 0 Å². The molecule has 0 aliphatic carbocycles. The summed E-state index contributed by atoms with van der Waals surface area (Å²) in [6, 6.07) is 44.0. The molecule has 4 aromatic carbocycles. The van der Waals surface area contributed by atoms with Gasteiger partial charge in [0.25, 0.3) is 0 Å². The minimum absolute atomic E-state index is 0.0419. The first-order valence-electron chi connectivity index (χ1n) is 12.0. The molecule has 2 atom stereocenters. The summed E-state index contributed by atoms with van der Waals surface area (Å²) in [7, 11) is -4.35. The zero-order chi connectivity index (χ0) is 24.0. The van der Waals surface area contributed by atoms with Gasteiger partial charge in [0, 0.05) is 0 Å². The van der Waals surface area contributed by atoms with Crippen LogP contribution in [0.3, 0.4) is 0 Å². The maximum atomic E-state index is 7.71. The van der Waals surface area contributed by atoms with Gasteiger partial charge in [0.15, 0.2) is 0 Å². The first kappa shape index (κ1) is 24.9. The van der Waals surface area contributed by atoms with Crippen LogP contribution in [-0.2, 0) is 4.43 Å². The van der Waals surface area contributed by atoms with Gasteiger partial charge in [-0.2, -0.15) is 0 Å². The summed E-state index contributed by atoms with van der Waals surface area (Å²) in [5, 5.41) is 2.78. The van der Waals surface area contributed by atoms with E-state index in [4.69, 9.17) is 4.43 Å². The molecule has 0 saturated heterocycles. The average Bonchev–Trinajstić information content (AvgIpc) is 2.86. The molecule has 0 saturated carbocycles. The molecule has 0 spiro atoms. The van der Waals surface area contributed by atoms with Gasteiger partial charge in [-0.05, 0) is 0 Å². The molecule has 1 nitrogen and oxygen atoms in total. The van der Waals surface area contributed by atoms with Crippen molar-refractivity contribution in [1.82, 2.24) is 0 Å². The number of hydrogen-bond acceptors (Lipinski definition) is 1. The van der Waals surface area contributed by atoms with Crippen molar-refractivity contribution in [3.8, 4) is 0 Å². The van der Waals surface area contributed by atoms with Crippen LogP contribution in [0.25, 0.3) is 0 Å². The van der Waals surface area contributed by atoms with Crippen molar-refractivity contribution in [3.63, 3.8) is 0 Å². The molecule has 4 rings (SSSR count). The molecule has 0 fully saturated rings. The van der Waals surface area contributed by atoms with E-state index in [9.17, 15) is 0 Å². The molecule has 0 radical (unpaired) electrons. The third-order valence-corrected chi connectivity index (χ3v) is 22.2. The third-order valence-electron chi connectivity index (χ3n) is 6.34. The molecule has 34 heavy (non-hydrogen) atoms. The van der Waals surface area contributed by atoms with Crippen LogP contribution in [0.5, 0.6) is 0 Å². The monoisotopic (exact) mass is 546 g/mol. The van der Waals surface area contributed by atoms with E-state index in [1.807, 2.05) is 0 Å². The van der Waals surface area contributed by atoms with Gasteiger partial charge in [-0.25, -0.2) is 0 Å². The van der Waals surface area contributed by atoms with Crippen LogP contribution in [-0.4, -0.2) is 30.4 Å². The van der Waals surface area contributed by atoms with Gasteiger partial charge in [0.05, 0.1) is 0 Å². The molecule has 1 unspecified atom stereocenters. The van der Waals surface area contributed by atoms with E-state index in [2.05, 4.69) is 148 Å². The molecule has 0 aromatic heterocycles. The Kier molecular flexibility index (Phi) is 8.07. The normalized spacial score (nSPS) is 13.9. The third kappa shape index (κ3) is 5.37. The Morgan fingerprint density at radius 2 is 1.00 bits per heavy atom. The fourth-order valence-corrected chi connectivity index (χ4v) is 19.6. The molecule has 0 aliphatic heterocycles. The molecule has 0 N–H and O–H groups in total. The van der Waals surface area contributed by atoms with Crippen molar-refractivity contribution < 1.29 is 4.43 Å². The molecule has 0 bridgehead atoms. The summed E-state index contributed by atoms with van der Waals surface area (Å²) >= 11 is 0.300. The van der Waals surface area contributed by atoms with Crippen LogP contribution in [0.1, 0.15) is 18.6 Å². The van der Waals surface area contributed by atoms with Gasteiger partial charge >= 0.3 is 214 Å². The fraction of sp³-hybridized carbons (Fsp3) is 0.200. The Morgan fingerprint density at radius 3 is 1.44 bits per heavy atom. The van der Waals surface area contributed by atoms with Gasteiger partial charge in [0.1, 0.15) is 0 Å². The fourth-order valence-electron chi connectivity index (χ4n) is 4.73. The number of benzene rings is 4. The summed E-state index contributed by atoms with van der Waals surface area (Å²) in [5.41, 5.74) is 1.29. The van der Waals surface area contributed by atoms with E-state index < -0.39 is 15.4 Å². The molecule has 0 amide bonds. The Bertz CT molecular complexity index is 1110. The molecule has 0 heterocycles. The van der Waals surface area contributed by atoms with Crippen LogP contribution in [0.2, 0.25) is 24.5 Å². The zero-order valence-electron chi connectivity index (χ0n) is 20.5. The van der Waals surface area contributed by atoms with E-state index in [0.29, 0.717) is 19.8 Å². The average molecular weight is 546 g/mol. The second kappa shape index (κ2) is 11.0. The van der Waals surface area contributed by atoms with Gasteiger partial charge in [-0.15, -0.1) is 0 Å². The van der Waals surface area contributed by atoms with E-state index in [1.54, 1.807) is 0 Å². The van der Waals surface area contributed by atoms with Crippen molar-refractivity contribution in [2.24, 2.45) is 0 Å². The van der Waals surface area contributed by atoms with E-state index in [0.717, 1.165) is 0 Å². The predicted octanol–water partition coefficient (Wildman–Crippen LogP) is 5.76. The first-order valence-corrected chi connectivity index (χ1v) is 20.2. The van der Waals surface area contributed by atoms with Crippen molar-refractivity contribution in [3.05, 3.63) is 127 Å². The molecule has 4 aromatic rings. The second-order valence-electron chi connectivity index (χ2n) is 9.75. The molecule has 0 aliphatic rings. The van der Waals surface area contributed by atoms with Crippen molar-refractivity contribution in [2.45, 2.75) is 37.5 Å². The number of rotatable bonds is 9. The Morgan fingerprint density at radius 1 is 0.588 bits per heavy atom. The summed E-state index contributed by atoms with van der Waals surface area (Å²) in [5.74, 6) is 0. The maximum absolute atomic E-state index is 7.71. The van der Waals surface area contributed by atoms with Gasteiger partial charge < -0.3 is 0 Å². The summed E-state index contributed by atoms with van der Waals surface area (Å²) < 4.78 is 9.13. The topological polar surface area (TPSA) is 9.23 Å². The van der Waals surface area contributed by atoms with E-state index >= 15 is 0 Å². The molecular formula is C30H34OSeSi2. The Balaban J connectivity index is 1.87. The standard InChI is InChI=1S/C30H34OSeSi2/c1-25(32-27-19-11-6-12-20-27)30(26-17-9-5-10-18-26)31-34(33(2,3)4,28-21-13-7-14-22-28)29-23-15-8-16-24-29/h5-25,30H,1-4H3/t25?,30-/m0/s1. The second-order valence-corrected chi connectivity index (χ2v) is 26.7. The summed E-state index contributed by atoms with van der Waals surface area (Å²) in [6.45, 7) is 9.86. The molecule has 174 valence electrons. The SMILES string of the molecule is CC([Se]c1ccccc1)[C@H](O[Si](c1ccccc1)(c1ccccc1)[Si](C)(C)C)c1ccccc1. The van der Waals surface area contributed by atoms with Crippen LogP contribution < -0.4 is 14.8 Å². The van der Waals surface area contributed by atoms with Crippen molar-refractivity contribution >= 4 is 45.2 Å². The quantitative estimate of drug-likeness (QED) is 0.243. The van der Waals surface area contributed by atoms with Gasteiger partial charge in [0.2, 0.25) is 0 Å². The zero-order valence-corrected chi connectivity index (χ0v) is 24.2. The van der Waals surface area contributed by atoms with E-state index in [1.165, 1.54) is 20.4 Å². The summed E-state index contributed by atoms with van der Waals surface area (Å²) in [6.07, 6.45) is 0.0419. The van der Waals surface area contributed by atoms with Crippen LogP contribution >= 0.6 is 0 Å². The van der Waals surface area contributed by atoms with E-state index in [-0.39, 0.29) is 6.10 Å². The first-order chi connectivity index (χ1) is 16.4. The predicted molar refractivity (Wildman–Crippen MR) is 153 cm³/mol. The van der Waals surface area contributed by atoms with Crippen LogP contribution in [0, 0.1) is 0 Å². The minimum atomic E-state index is -2.53. The number of hydrogen-bond donors (Lipinski definition) is 0. The van der Waals surface area contributed by atoms with Crippen LogP contribution in [0.15, 0.2) is 121 Å². The van der Waals surface area contributed by atoms with Crippen molar-refractivity contribution in [1.29, 1.82) is 0 Å². The van der Waals surface area contributed by atoms with Crippen LogP contribution in [0.4, 0.5) is 0 Å². The Labute approximate surface area is 213 Å². The van der Waals surface area contributed by atoms with Gasteiger partial charge in [-0.1, -0.05) is 0 Å². The molecular weight excluding hydrogens is 511 g/mol. The van der Waals surface area contributed by atoms with Crippen molar-refractivity contribution in [2.75, 3.05) is 0 Å². The summed E-state index contributed by atoms with van der Waals surface area (Å²) in [4.78, 5) is 0.396. The molecule has 4 heteroatoms.